The molecule has 1 aromatic rings. The molecule has 1 rings (SSSR count). The smallest absolute Gasteiger partial charge is 0.244 e. The molecule has 0 aliphatic heterocycles. The summed E-state index contributed by atoms with van der Waals surface area (Å²) in [5.74, 6) is -0.193. The molecule has 0 bridgehead atoms. The summed E-state index contributed by atoms with van der Waals surface area (Å²) in [6, 6.07) is 5.28. The van der Waals surface area contributed by atoms with E-state index < -0.39 is 0 Å². The Balaban J connectivity index is 2.56. The third-order valence-corrected chi connectivity index (χ3v) is 3.41. The highest BCUT2D eigenvalue weighted by molar-refractivity contribution is 6.42. The van der Waals surface area contributed by atoms with Crippen LogP contribution in [0.4, 0.5) is 0 Å². The minimum absolute atomic E-state index is 0.0270. The summed E-state index contributed by atoms with van der Waals surface area (Å²) in [6.45, 7) is 2.03. The average Bonchev–Trinajstić information content (AvgIpc) is 2.38. The Bertz CT molecular complexity index is 461. The molecule has 0 aromatic heterocycles. The van der Waals surface area contributed by atoms with Gasteiger partial charge in [0, 0.05) is 18.7 Å². The van der Waals surface area contributed by atoms with Gasteiger partial charge in [-0.05, 0) is 37.5 Å². The maximum Gasteiger partial charge on any atom is 0.244 e. The van der Waals surface area contributed by atoms with Gasteiger partial charge in [-0.3, -0.25) is 4.79 Å². The van der Waals surface area contributed by atoms with Crippen LogP contribution >= 0.6 is 23.2 Å². The van der Waals surface area contributed by atoms with E-state index in [1.807, 2.05) is 6.92 Å². The van der Waals surface area contributed by atoms with Crippen LogP contribution in [0, 0.1) is 0 Å². The molecule has 104 valence electrons. The minimum atomic E-state index is -0.193. The Labute approximate surface area is 123 Å². The zero-order valence-electron chi connectivity index (χ0n) is 10.7. The highest BCUT2D eigenvalue weighted by Gasteiger charge is 2.05. The zero-order valence-corrected chi connectivity index (χ0v) is 12.2. The van der Waals surface area contributed by atoms with E-state index in [0.29, 0.717) is 22.0 Å². The number of hydrogen-bond donors (Lipinski definition) is 2. The predicted molar refractivity (Wildman–Crippen MR) is 79.4 cm³/mol. The van der Waals surface area contributed by atoms with Gasteiger partial charge in [-0.25, -0.2) is 0 Å². The predicted octanol–water partition coefficient (Wildman–Crippen LogP) is 3.28. The van der Waals surface area contributed by atoms with Gasteiger partial charge in [0.25, 0.3) is 0 Å². The summed E-state index contributed by atoms with van der Waals surface area (Å²) >= 11 is 11.9. The molecule has 1 amide bonds. The average molecular weight is 302 g/mol. The van der Waals surface area contributed by atoms with Crippen molar-refractivity contribution >= 4 is 35.2 Å². The fourth-order valence-corrected chi connectivity index (χ4v) is 1.95. The van der Waals surface area contributed by atoms with Gasteiger partial charge < -0.3 is 10.4 Å². The Kier molecular flexibility index (Phi) is 6.92. The fourth-order valence-electron chi connectivity index (χ4n) is 1.58. The Morgan fingerprint density at radius 1 is 1.47 bits per heavy atom. The largest absolute Gasteiger partial charge is 0.396 e. The molecule has 2 N–H and O–H groups in total. The van der Waals surface area contributed by atoms with Crippen molar-refractivity contribution in [1.82, 2.24) is 5.32 Å². The third-order valence-electron chi connectivity index (χ3n) is 2.58. The molecule has 19 heavy (non-hydrogen) atoms. The van der Waals surface area contributed by atoms with Crippen molar-refractivity contribution in [3.8, 4) is 0 Å². The first-order chi connectivity index (χ1) is 9.04. The number of amides is 1. The van der Waals surface area contributed by atoms with Crippen LogP contribution in [0.3, 0.4) is 0 Å². The van der Waals surface area contributed by atoms with E-state index in [4.69, 9.17) is 28.3 Å². The lowest BCUT2D eigenvalue weighted by Gasteiger charge is -2.11. The molecular formula is C14H17Cl2NO2. The molecule has 0 heterocycles. The molecule has 0 saturated carbocycles. The molecule has 0 aliphatic rings. The summed E-state index contributed by atoms with van der Waals surface area (Å²) in [7, 11) is 0. The quantitative estimate of drug-likeness (QED) is 0.792. The van der Waals surface area contributed by atoms with Crippen LogP contribution in [-0.2, 0) is 4.79 Å². The minimum Gasteiger partial charge on any atom is -0.396 e. The van der Waals surface area contributed by atoms with Gasteiger partial charge in [0.2, 0.25) is 5.91 Å². The summed E-state index contributed by atoms with van der Waals surface area (Å²) in [5, 5.41) is 12.4. The van der Waals surface area contributed by atoms with Crippen molar-refractivity contribution in [2.24, 2.45) is 0 Å². The van der Waals surface area contributed by atoms with E-state index in [0.717, 1.165) is 6.42 Å². The second kappa shape index (κ2) is 8.20. The number of benzene rings is 1. The molecule has 1 atom stereocenters. The Morgan fingerprint density at radius 3 is 2.89 bits per heavy atom. The van der Waals surface area contributed by atoms with Gasteiger partial charge >= 0.3 is 0 Å². The first-order valence-electron chi connectivity index (χ1n) is 6.08. The third kappa shape index (κ3) is 5.64. The number of carbonyl (C=O) groups excluding carboxylic acids is 1. The van der Waals surface area contributed by atoms with Crippen molar-refractivity contribution in [1.29, 1.82) is 0 Å². The van der Waals surface area contributed by atoms with Crippen LogP contribution in [0.2, 0.25) is 10.0 Å². The number of aliphatic hydroxyl groups excluding tert-OH is 1. The van der Waals surface area contributed by atoms with E-state index in [-0.39, 0.29) is 18.6 Å². The molecule has 0 saturated heterocycles. The fraction of sp³-hybridized carbons (Fsp3) is 0.357. The van der Waals surface area contributed by atoms with Crippen LogP contribution in [0.15, 0.2) is 24.3 Å². The van der Waals surface area contributed by atoms with Crippen LogP contribution in [0.5, 0.6) is 0 Å². The van der Waals surface area contributed by atoms with Crippen molar-refractivity contribution < 1.29 is 9.90 Å². The first kappa shape index (κ1) is 16.0. The van der Waals surface area contributed by atoms with Crippen molar-refractivity contribution in [2.45, 2.75) is 25.8 Å². The van der Waals surface area contributed by atoms with Crippen LogP contribution < -0.4 is 5.32 Å². The van der Waals surface area contributed by atoms with Crippen molar-refractivity contribution in [3.05, 3.63) is 39.9 Å². The van der Waals surface area contributed by atoms with Gasteiger partial charge in [-0.1, -0.05) is 35.3 Å². The lowest BCUT2D eigenvalue weighted by atomic mass is 10.2. The van der Waals surface area contributed by atoms with Crippen LogP contribution in [0.1, 0.15) is 25.3 Å². The van der Waals surface area contributed by atoms with Gasteiger partial charge in [0.05, 0.1) is 10.0 Å². The molecule has 0 fully saturated rings. The first-order valence-corrected chi connectivity index (χ1v) is 6.83. The molecule has 1 unspecified atom stereocenters. The van der Waals surface area contributed by atoms with Gasteiger partial charge in [-0.2, -0.15) is 0 Å². The lowest BCUT2D eigenvalue weighted by molar-refractivity contribution is -0.117. The SMILES string of the molecule is CC(CCCO)NC(=O)C=Cc1cccc(Cl)c1Cl. The standard InChI is InChI=1S/C14H17Cl2NO2/c1-10(4-3-9-18)17-13(19)8-7-11-5-2-6-12(15)14(11)16/h2,5-8,10,18H,3-4,9H2,1H3,(H,17,19). The molecule has 0 radical (unpaired) electrons. The van der Waals surface area contributed by atoms with E-state index in [1.54, 1.807) is 24.3 Å². The topological polar surface area (TPSA) is 49.3 Å². The van der Waals surface area contributed by atoms with Crippen LogP contribution in [-0.4, -0.2) is 23.7 Å². The number of rotatable bonds is 6. The molecule has 5 heteroatoms. The lowest BCUT2D eigenvalue weighted by Crippen LogP contribution is -2.31. The maximum absolute atomic E-state index is 11.6. The van der Waals surface area contributed by atoms with E-state index in [9.17, 15) is 4.79 Å². The molecule has 0 aliphatic carbocycles. The zero-order chi connectivity index (χ0) is 14.3. The normalized spacial score (nSPS) is 12.6. The van der Waals surface area contributed by atoms with Crippen LogP contribution in [0.25, 0.3) is 6.08 Å². The number of nitrogens with one attached hydrogen (secondary N) is 1. The highest BCUT2D eigenvalue weighted by atomic mass is 35.5. The summed E-state index contributed by atoms with van der Waals surface area (Å²) in [4.78, 5) is 11.6. The second-order valence-electron chi connectivity index (χ2n) is 4.25. The molecule has 1 aromatic carbocycles. The van der Waals surface area contributed by atoms with Gasteiger partial charge in [0.15, 0.2) is 0 Å². The van der Waals surface area contributed by atoms with E-state index >= 15 is 0 Å². The summed E-state index contributed by atoms with van der Waals surface area (Å²) in [5.41, 5.74) is 0.701. The molecular weight excluding hydrogens is 285 g/mol. The number of carbonyl (C=O) groups is 1. The summed E-state index contributed by atoms with van der Waals surface area (Å²) < 4.78 is 0. The monoisotopic (exact) mass is 301 g/mol. The molecule has 0 spiro atoms. The molecule has 3 nitrogen and oxygen atoms in total. The maximum atomic E-state index is 11.6. The van der Waals surface area contributed by atoms with E-state index in [1.165, 1.54) is 6.08 Å². The van der Waals surface area contributed by atoms with Crippen molar-refractivity contribution in [3.63, 3.8) is 0 Å². The number of hydrogen-bond acceptors (Lipinski definition) is 2. The number of halogens is 2. The Morgan fingerprint density at radius 2 is 2.21 bits per heavy atom. The number of aliphatic hydroxyl groups is 1. The van der Waals surface area contributed by atoms with Gasteiger partial charge in [-0.15, -0.1) is 0 Å². The highest BCUT2D eigenvalue weighted by Crippen LogP contribution is 2.26. The Hall–Kier alpha value is -1.03. The summed E-state index contributed by atoms with van der Waals surface area (Å²) in [6.07, 6.45) is 4.47. The second-order valence-corrected chi connectivity index (χ2v) is 5.04. The van der Waals surface area contributed by atoms with E-state index in [2.05, 4.69) is 5.32 Å². The van der Waals surface area contributed by atoms with Crippen molar-refractivity contribution in [2.75, 3.05) is 6.61 Å². The van der Waals surface area contributed by atoms with Gasteiger partial charge in [0.1, 0.15) is 0 Å².